The second-order valence-corrected chi connectivity index (χ2v) is 5.37. The van der Waals surface area contributed by atoms with Crippen molar-refractivity contribution in [2.75, 3.05) is 19.6 Å². The van der Waals surface area contributed by atoms with Gasteiger partial charge in [-0.2, -0.15) is 10.1 Å². The number of aryl methyl sites for hydroxylation is 2. The first-order valence-corrected chi connectivity index (χ1v) is 6.95. The van der Waals surface area contributed by atoms with Crippen LogP contribution in [0.25, 0.3) is 11.5 Å². The van der Waals surface area contributed by atoms with Crippen LogP contribution in [0.5, 0.6) is 0 Å². The predicted octanol–water partition coefficient (Wildman–Crippen LogP) is 0.874. The molecule has 1 aliphatic rings. The third-order valence-corrected chi connectivity index (χ3v) is 3.67. The molecule has 0 spiro atoms. The van der Waals surface area contributed by atoms with Crippen molar-refractivity contribution in [2.24, 2.45) is 12.8 Å². The van der Waals surface area contributed by atoms with Gasteiger partial charge in [0.15, 0.2) is 5.82 Å². The summed E-state index contributed by atoms with van der Waals surface area (Å²) < 4.78 is 7.05. The molecule has 1 saturated heterocycles. The second kappa shape index (κ2) is 5.34. The SMILES string of the molecule is Cc1nn(C)cc1-c1nc(C(N)CN2CCCC2)no1. The molecular weight excluding hydrogens is 256 g/mol. The van der Waals surface area contributed by atoms with E-state index in [1.807, 2.05) is 20.2 Å². The Balaban J connectivity index is 1.74. The monoisotopic (exact) mass is 276 g/mol. The van der Waals surface area contributed by atoms with Crippen LogP contribution >= 0.6 is 0 Å². The standard InChI is InChI=1S/C13H20N6O/c1-9-10(7-18(2)16-9)13-15-12(17-20-13)11(14)8-19-5-3-4-6-19/h7,11H,3-6,8,14H2,1-2H3. The largest absolute Gasteiger partial charge is 0.334 e. The summed E-state index contributed by atoms with van der Waals surface area (Å²) in [6.07, 6.45) is 4.37. The Kier molecular flexibility index (Phi) is 3.54. The molecule has 1 fully saturated rings. The van der Waals surface area contributed by atoms with Crippen LogP contribution in [0.3, 0.4) is 0 Å². The first-order chi connectivity index (χ1) is 9.63. The molecular formula is C13H20N6O. The summed E-state index contributed by atoms with van der Waals surface area (Å²) in [5.41, 5.74) is 7.89. The number of hydrogen-bond donors (Lipinski definition) is 1. The molecule has 7 heteroatoms. The van der Waals surface area contributed by atoms with Gasteiger partial charge in [-0.15, -0.1) is 0 Å². The summed E-state index contributed by atoms with van der Waals surface area (Å²) >= 11 is 0. The second-order valence-electron chi connectivity index (χ2n) is 5.37. The highest BCUT2D eigenvalue weighted by Gasteiger charge is 2.21. The highest BCUT2D eigenvalue weighted by Crippen LogP contribution is 2.22. The minimum absolute atomic E-state index is 0.206. The summed E-state index contributed by atoms with van der Waals surface area (Å²) in [5.74, 6) is 1.05. The van der Waals surface area contributed by atoms with Crippen LogP contribution in [0.1, 0.15) is 30.4 Å². The molecule has 1 aliphatic heterocycles. The minimum Gasteiger partial charge on any atom is -0.334 e. The topological polar surface area (TPSA) is 86.0 Å². The fraction of sp³-hybridized carbons (Fsp3) is 0.615. The molecule has 3 rings (SSSR count). The van der Waals surface area contributed by atoms with Gasteiger partial charge < -0.3 is 15.2 Å². The summed E-state index contributed by atoms with van der Waals surface area (Å²) in [5, 5.41) is 8.28. The van der Waals surface area contributed by atoms with Crippen LogP contribution in [0, 0.1) is 6.92 Å². The first kappa shape index (κ1) is 13.3. The Bertz CT molecular complexity index is 583. The van der Waals surface area contributed by atoms with Crippen LogP contribution < -0.4 is 5.73 Å². The molecule has 0 amide bonds. The van der Waals surface area contributed by atoms with E-state index in [2.05, 4.69) is 20.1 Å². The summed E-state index contributed by atoms with van der Waals surface area (Å²) in [6, 6.07) is -0.206. The lowest BCUT2D eigenvalue weighted by atomic mass is 10.2. The van der Waals surface area contributed by atoms with Gasteiger partial charge in [0.05, 0.1) is 17.3 Å². The zero-order valence-corrected chi connectivity index (χ0v) is 11.9. The van der Waals surface area contributed by atoms with E-state index in [9.17, 15) is 0 Å². The van der Waals surface area contributed by atoms with E-state index >= 15 is 0 Å². The Morgan fingerprint density at radius 3 is 2.80 bits per heavy atom. The van der Waals surface area contributed by atoms with Gasteiger partial charge in [-0.3, -0.25) is 4.68 Å². The number of likely N-dealkylation sites (tertiary alicyclic amines) is 1. The third kappa shape index (κ3) is 2.59. The number of rotatable bonds is 4. The van der Waals surface area contributed by atoms with E-state index in [-0.39, 0.29) is 6.04 Å². The Morgan fingerprint density at radius 2 is 2.15 bits per heavy atom. The predicted molar refractivity (Wildman–Crippen MR) is 73.8 cm³/mol. The molecule has 2 aromatic rings. The molecule has 1 unspecified atom stereocenters. The van der Waals surface area contributed by atoms with E-state index in [1.165, 1.54) is 12.8 Å². The lowest BCUT2D eigenvalue weighted by Gasteiger charge is -2.17. The highest BCUT2D eigenvalue weighted by molar-refractivity contribution is 5.54. The van der Waals surface area contributed by atoms with E-state index in [0.717, 1.165) is 30.9 Å². The molecule has 7 nitrogen and oxygen atoms in total. The van der Waals surface area contributed by atoms with E-state index in [0.29, 0.717) is 11.7 Å². The zero-order chi connectivity index (χ0) is 14.1. The lowest BCUT2D eigenvalue weighted by Crippen LogP contribution is -2.30. The maximum atomic E-state index is 6.16. The van der Waals surface area contributed by atoms with Gasteiger partial charge in [0.25, 0.3) is 5.89 Å². The fourth-order valence-electron chi connectivity index (χ4n) is 2.63. The van der Waals surface area contributed by atoms with Crippen molar-refractivity contribution in [3.05, 3.63) is 17.7 Å². The van der Waals surface area contributed by atoms with Crippen LogP contribution in [0.4, 0.5) is 0 Å². The number of nitrogens with two attached hydrogens (primary N) is 1. The highest BCUT2D eigenvalue weighted by atomic mass is 16.5. The average Bonchev–Trinajstić information content (AvgIpc) is 3.10. The molecule has 0 radical (unpaired) electrons. The van der Waals surface area contributed by atoms with Gasteiger partial charge in [0.1, 0.15) is 0 Å². The van der Waals surface area contributed by atoms with E-state index < -0.39 is 0 Å². The summed E-state index contributed by atoms with van der Waals surface area (Å²) in [7, 11) is 1.87. The first-order valence-electron chi connectivity index (χ1n) is 6.95. The van der Waals surface area contributed by atoms with Gasteiger partial charge in [-0.1, -0.05) is 5.16 Å². The van der Waals surface area contributed by atoms with Crippen molar-refractivity contribution in [3.63, 3.8) is 0 Å². The molecule has 3 heterocycles. The zero-order valence-electron chi connectivity index (χ0n) is 11.9. The van der Waals surface area contributed by atoms with Crippen molar-refractivity contribution in [1.82, 2.24) is 24.8 Å². The molecule has 1 atom stereocenters. The molecule has 108 valence electrons. The van der Waals surface area contributed by atoms with Crippen molar-refractivity contribution in [1.29, 1.82) is 0 Å². The molecule has 0 aliphatic carbocycles. The van der Waals surface area contributed by atoms with Crippen LogP contribution in [-0.2, 0) is 7.05 Å². The van der Waals surface area contributed by atoms with Gasteiger partial charge in [-0.05, 0) is 32.9 Å². The summed E-state index contributed by atoms with van der Waals surface area (Å²) in [4.78, 5) is 6.76. The minimum atomic E-state index is -0.206. The maximum Gasteiger partial charge on any atom is 0.261 e. The quantitative estimate of drug-likeness (QED) is 0.892. The average molecular weight is 276 g/mol. The van der Waals surface area contributed by atoms with Gasteiger partial charge in [0.2, 0.25) is 0 Å². The molecule has 0 saturated carbocycles. The molecule has 20 heavy (non-hydrogen) atoms. The van der Waals surface area contributed by atoms with Crippen LogP contribution in [0.2, 0.25) is 0 Å². The number of nitrogens with zero attached hydrogens (tertiary/aromatic N) is 5. The third-order valence-electron chi connectivity index (χ3n) is 3.67. The Hall–Kier alpha value is -1.73. The molecule has 0 aromatic carbocycles. The Morgan fingerprint density at radius 1 is 1.40 bits per heavy atom. The van der Waals surface area contributed by atoms with Crippen molar-refractivity contribution >= 4 is 0 Å². The van der Waals surface area contributed by atoms with E-state index in [1.54, 1.807) is 4.68 Å². The summed E-state index contributed by atoms with van der Waals surface area (Å²) in [6.45, 7) is 4.93. The number of aromatic nitrogens is 4. The molecule has 2 N–H and O–H groups in total. The number of hydrogen-bond acceptors (Lipinski definition) is 6. The van der Waals surface area contributed by atoms with Crippen LogP contribution in [0.15, 0.2) is 10.7 Å². The normalized spacial score (nSPS) is 17.8. The van der Waals surface area contributed by atoms with Gasteiger partial charge >= 0.3 is 0 Å². The van der Waals surface area contributed by atoms with Crippen LogP contribution in [-0.4, -0.2) is 44.5 Å². The smallest absolute Gasteiger partial charge is 0.261 e. The van der Waals surface area contributed by atoms with Gasteiger partial charge in [0, 0.05) is 19.8 Å². The fourth-order valence-corrected chi connectivity index (χ4v) is 2.63. The molecule has 2 aromatic heterocycles. The van der Waals surface area contributed by atoms with Gasteiger partial charge in [-0.25, -0.2) is 0 Å². The Labute approximate surface area is 117 Å². The van der Waals surface area contributed by atoms with Crippen molar-refractivity contribution < 1.29 is 4.52 Å². The maximum absolute atomic E-state index is 6.16. The van der Waals surface area contributed by atoms with Crippen molar-refractivity contribution in [2.45, 2.75) is 25.8 Å². The van der Waals surface area contributed by atoms with E-state index in [4.69, 9.17) is 10.3 Å². The van der Waals surface area contributed by atoms with Crippen molar-refractivity contribution in [3.8, 4) is 11.5 Å². The lowest BCUT2D eigenvalue weighted by molar-refractivity contribution is 0.306. The molecule has 0 bridgehead atoms.